The fourth-order valence-corrected chi connectivity index (χ4v) is 5.57. The number of pyridine rings is 1. The van der Waals surface area contributed by atoms with E-state index in [0.717, 1.165) is 92.6 Å². The topological polar surface area (TPSA) is 88.6 Å². The summed E-state index contributed by atoms with van der Waals surface area (Å²) in [6.45, 7) is 8.04. The highest BCUT2D eigenvalue weighted by Gasteiger charge is 2.23. The van der Waals surface area contributed by atoms with E-state index in [1.807, 2.05) is 24.4 Å². The Balaban J connectivity index is 1.31. The smallest absolute Gasteiger partial charge is 0.411 e. The molecule has 1 amide bonds. The minimum Gasteiger partial charge on any atom is -0.449 e. The van der Waals surface area contributed by atoms with Crippen LogP contribution in [0.5, 0.6) is 0 Å². The molecule has 1 saturated heterocycles. The molecule has 1 aliphatic carbocycles. The van der Waals surface area contributed by atoms with Crippen molar-refractivity contribution < 1.29 is 14.3 Å². The number of hydrogen-bond acceptors (Lipinski definition) is 8. The van der Waals surface area contributed by atoms with Crippen LogP contribution in [0.4, 0.5) is 22.0 Å². The van der Waals surface area contributed by atoms with Crippen molar-refractivity contribution in [3.63, 3.8) is 0 Å². The summed E-state index contributed by atoms with van der Waals surface area (Å²) in [5.74, 6) is 1.40. The first kappa shape index (κ1) is 27.4. The van der Waals surface area contributed by atoms with Crippen LogP contribution in [0.15, 0.2) is 42.6 Å². The molecule has 2 fully saturated rings. The van der Waals surface area contributed by atoms with Crippen molar-refractivity contribution in [3.05, 3.63) is 63.7 Å². The van der Waals surface area contributed by atoms with Gasteiger partial charge in [0.25, 0.3) is 0 Å². The molecule has 39 heavy (non-hydrogen) atoms. The molecule has 208 valence electrons. The minimum atomic E-state index is -0.393. The summed E-state index contributed by atoms with van der Waals surface area (Å²) in [5.41, 5.74) is 4.05. The molecule has 2 aliphatic rings. The lowest BCUT2D eigenvalue weighted by Gasteiger charge is -2.30. The van der Waals surface area contributed by atoms with E-state index in [1.54, 1.807) is 11.3 Å². The standard InChI is InChI=1S/C30H39N5O3S/c1-3-26-19-31-29(39-26)11-10-24-17-25(35-12-14-37-15-13-35)18-28(32-24)34-27(4-2)22-6-5-7-23(16-22)33-30(36)38-20-21-8-9-21/h5-7,16-19,21,27H,3-4,8-15,20H2,1-2H3,(H,32,34)(H,33,36). The number of aryl methyl sites for hydroxylation is 3. The summed E-state index contributed by atoms with van der Waals surface area (Å²) in [5, 5.41) is 7.72. The largest absolute Gasteiger partial charge is 0.449 e. The van der Waals surface area contributed by atoms with Crippen LogP contribution in [0.3, 0.4) is 0 Å². The van der Waals surface area contributed by atoms with Gasteiger partial charge in [-0.1, -0.05) is 26.0 Å². The third-order valence-electron chi connectivity index (χ3n) is 7.20. The fraction of sp³-hybridized carbons (Fsp3) is 0.500. The number of thiazole rings is 1. The van der Waals surface area contributed by atoms with Gasteiger partial charge in [-0.3, -0.25) is 5.32 Å². The molecule has 3 heterocycles. The van der Waals surface area contributed by atoms with Crippen LogP contribution in [-0.2, 0) is 28.7 Å². The highest BCUT2D eigenvalue weighted by atomic mass is 32.1. The van der Waals surface area contributed by atoms with Crippen LogP contribution >= 0.6 is 11.3 Å². The lowest BCUT2D eigenvalue weighted by molar-refractivity contribution is 0.122. The van der Waals surface area contributed by atoms with E-state index in [0.29, 0.717) is 12.5 Å². The molecule has 1 aliphatic heterocycles. The molecular formula is C30H39N5O3S. The number of nitrogens with zero attached hydrogens (tertiary/aromatic N) is 3. The maximum absolute atomic E-state index is 12.2. The Labute approximate surface area is 235 Å². The zero-order valence-corrected chi connectivity index (χ0v) is 23.8. The predicted molar refractivity (Wildman–Crippen MR) is 157 cm³/mol. The highest BCUT2D eigenvalue weighted by molar-refractivity contribution is 7.11. The molecule has 2 aromatic heterocycles. The number of rotatable bonds is 12. The number of hydrogen-bond donors (Lipinski definition) is 2. The lowest BCUT2D eigenvalue weighted by Crippen LogP contribution is -2.36. The Morgan fingerprint density at radius 1 is 1.18 bits per heavy atom. The maximum atomic E-state index is 12.2. The van der Waals surface area contributed by atoms with Crippen LogP contribution in [0.1, 0.15) is 60.3 Å². The Morgan fingerprint density at radius 3 is 2.77 bits per heavy atom. The molecule has 5 rings (SSSR count). The van der Waals surface area contributed by atoms with E-state index in [-0.39, 0.29) is 6.04 Å². The molecule has 3 aromatic rings. The van der Waals surface area contributed by atoms with Gasteiger partial charge in [-0.15, -0.1) is 11.3 Å². The van der Waals surface area contributed by atoms with Crippen molar-refractivity contribution in [1.29, 1.82) is 0 Å². The molecule has 1 saturated carbocycles. The predicted octanol–water partition coefficient (Wildman–Crippen LogP) is 6.24. The van der Waals surface area contributed by atoms with Crippen molar-refractivity contribution in [2.75, 3.05) is 48.4 Å². The third-order valence-corrected chi connectivity index (χ3v) is 8.40. The Kier molecular flexibility index (Phi) is 9.32. The quantitative estimate of drug-likeness (QED) is 0.276. The number of morpholine rings is 1. The first-order chi connectivity index (χ1) is 19.1. The Hall–Kier alpha value is -3.17. The zero-order chi connectivity index (χ0) is 27.0. The number of carbonyl (C=O) groups is 1. The van der Waals surface area contributed by atoms with E-state index in [2.05, 4.69) is 52.6 Å². The van der Waals surface area contributed by atoms with Crippen LogP contribution in [-0.4, -0.2) is 49.0 Å². The van der Waals surface area contributed by atoms with Gasteiger partial charge >= 0.3 is 6.09 Å². The average Bonchev–Trinajstić information content (AvgIpc) is 3.69. The molecular weight excluding hydrogens is 510 g/mol. The zero-order valence-electron chi connectivity index (χ0n) is 22.9. The molecule has 0 radical (unpaired) electrons. The Bertz CT molecular complexity index is 1240. The summed E-state index contributed by atoms with van der Waals surface area (Å²) in [4.78, 5) is 25.5. The molecule has 0 spiro atoms. The van der Waals surface area contributed by atoms with Gasteiger partial charge in [0, 0.05) is 53.7 Å². The third kappa shape index (κ3) is 7.92. The van der Waals surface area contributed by atoms with Crippen molar-refractivity contribution in [3.8, 4) is 0 Å². The molecule has 1 unspecified atom stereocenters. The van der Waals surface area contributed by atoms with E-state index in [1.165, 1.54) is 10.6 Å². The van der Waals surface area contributed by atoms with E-state index in [4.69, 9.17) is 14.5 Å². The second-order valence-electron chi connectivity index (χ2n) is 10.3. The Morgan fingerprint density at radius 2 is 2.03 bits per heavy atom. The molecule has 0 bridgehead atoms. The van der Waals surface area contributed by atoms with Crippen molar-refractivity contribution in [2.45, 2.75) is 58.4 Å². The first-order valence-electron chi connectivity index (χ1n) is 14.2. The van der Waals surface area contributed by atoms with Gasteiger partial charge in [0.05, 0.1) is 30.9 Å². The van der Waals surface area contributed by atoms with Crippen LogP contribution < -0.4 is 15.5 Å². The van der Waals surface area contributed by atoms with Crippen molar-refractivity contribution in [2.24, 2.45) is 5.92 Å². The molecule has 1 aromatic carbocycles. The van der Waals surface area contributed by atoms with Crippen LogP contribution in [0.2, 0.25) is 0 Å². The van der Waals surface area contributed by atoms with Gasteiger partial charge in [-0.2, -0.15) is 0 Å². The van der Waals surface area contributed by atoms with E-state index < -0.39 is 6.09 Å². The molecule has 1 atom stereocenters. The number of benzene rings is 1. The van der Waals surface area contributed by atoms with Crippen LogP contribution in [0, 0.1) is 5.92 Å². The number of nitrogens with one attached hydrogen (secondary N) is 2. The van der Waals surface area contributed by atoms with Gasteiger partial charge in [0.1, 0.15) is 5.82 Å². The highest BCUT2D eigenvalue weighted by Crippen LogP contribution is 2.30. The average molecular weight is 550 g/mol. The second-order valence-corrected chi connectivity index (χ2v) is 11.5. The van der Waals surface area contributed by atoms with Crippen LogP contribution in [0.25, 0.3) is 0 Å². The fourth-order valence-electron chi connectivity index (χ4n) is 4.70. The van der Waals surface area contributed by atoms with Gasteiger partial charge < -0.3 is 19.7 Å². The number of amides is 1. The summed E-state index contributed by atoms with van der Waals surface area (Å²) in [6, 6.07) is 12.4. The number of carbonyl (C=O) groups excluding carboxylic acids is 1. The van der Waals surface area contributed by atoms with Gasteiger partial charge in [0.2, 0.25) is 0 Å². The monoisotopic (exact) mass is 549 g/mol. The summed E-state index contributed by atoms with van der Waals surface area (Å²) >= 11 is 1.79. The number of aromatic nitrogens is 2. The normalized spacial score (nSPS) is 16.1. The van der Waals surface area contributed by atoms with E-state index in [9.17, 15) is 4.79 Å². The number of anilines is 3. The molecule has 9 heteroatoms. The summed E-state index contributed by atoms with van der Waals surface area (Å²) in [7, 11) is 0. The summed E-state index contributed by atoms with van der Waals surface area (Å²) < 4.78 is 10.9. The van der Waals surface area contributed by atoms with Crippen molar-refractivity contribution >= 4 is 34.6 Å². The minimum absolute atomic E-state index is 0.0422. The van der Waals surface area contributed by atoms with Crippen molar-refractivity contribution in [1.82, 2.24) is 9.97 Å². The lowest BCUT2D eigenvalue weighted by atomic mass is 10.0. The SMILES string of the molecule is CCc1cnc(CCc2cc(N3CCOCC3)cc(NC(CC)c3cccc(NC(=O)OCC4CC4)c3)n2)s1. The van der Waals surface area contributed by atoms with Gasteiger partial charge in [0.15, 0.2) is 0 Å². The number of ether oxygens (including phenoxy) is 2. The van der Waals surface area contributed by atoms with Gasteiger partial charge in [-0.05, 0) is 61.8 Å². The first-order valence-corrected chi connectivity index (χ1v) is 15.0. The molecule has 2 N–H and O–H groups in total. The molecule has 8 nitrogen and oxygen atoms in total. The van der Waals surface area contributed by atoms with Gasteiger partial charge in [-0.25, -0.2) is 14.8 Å². The maximum Gasteiger partial charge on any atom is 0.411 e. The second kappa shape index (κ2) is 13.3. The summed E-state index contributed by atoms with van der Waals surface area (Å²) in [6.07, 6.45) is 7.51. The van der Waals surface area contributed by atoms with E-state index >= 15 is 0 Å².